The molecular formula is C26H18BrClF5N3O3. The van der Waals surface area contributed by atoms with Gasteiger partial charge in [0, 0.05) is 35.9 Å². The molecule has 0 bridgehead atoms. The quantitative estimate of drug-likeness (QED) is 0.176. The van der Waals surface area contributed by atoms with Gasteiger partial charge in [-0.2, -0.15) is 18.3 Å². The molecule has 6 nitrogen and oxygen atoms in total. The Bertz CT molecular complexity index is 1620. The fourth-order valence-electron chi connectivity index (χ4n) is 4.09. The number of alkyl halides is 3. The van der Waals surface area contributed by atoms with E-state index in [1.807, 2.05) is 0 Å². The van der Waals surface area contributed by atoms with E-state index in [4.69, 9.17) is 11.6 Å². The molecule has 0 aliphatic carbocycles. The Kier molecular flexibility index (Phi) is 8.10. The predicted molar refractivity (Wildman–Crippen MR) is 138 cm³/mol. The van der Waals surface area contributed by atoms with Crippen LogP contribution in [0.1, 0.15) is 44.0 Å². The van der Waals surface area contributed by atoms with Gasteiger partial charge in [-0.3, -0.25) is 14.3 Å². The first-order valence-corrected chi connectivity index (χ1v) is 12.5. The van der Waals surface area contributed by atoms with Gasteiger partial charge in [0.25, 0.3) is 5.91 Å². The minimum Gasteiger partial charge on any atom is -0.396 e. The summed E-state index contributed by atoms with van der Waals surface area (Å²) >= 11 is 9.49. The van der Waals surface area contributed by atoms with Crippen LogP contribution >= 0.6 is 27.5 Å². The smallest absolute Gasteiger partial charge is 0.396 e. The highest BCUT2D eigenvalue weighted by molar-refractivity contribution is 9.10. The molecule has 3 aromatic carbocycles. The first-order chi connectivity index (χ1) is 18.3. The van der Waals surface area contributed by atoms with Crippen LogP contribution in [0.5, 0.6) is 0 Å². The molecule has 39 heavy (non-hydrogen) atoms. The lowest BCUT2D eigenvalue weighted by atomic mass is 9.98. The molecule has 1 aromatic heterocycles. The number of aliphatic hydroxyl groups is 1. The van der Waals surface area contributed by atoms with E-state index in [0.29, 0.717) is 41.6 Å². The molecule has 0 radical (unpaired) electrons. The van der Waals surface area contributed by atoms with E-state index >= 15 is 0 Å². The number of anilines is 1. The topological polar surface area (TPSA) is 84.2 Å². The third-order valence-electron chi connectivity index (χ3n) is 5.90. The summed E-state index contributed by atoms with van der Waals surface area (Å²) < 4.78 is 69.3. The number of nitrogens with zero attached hydrogens (tertiary/aromatic N) is 2. The SMILES string of the molecule is Cn1nc2c(Br)c(C(=O)c3cc(F)ccc3Cl)c(NC(=O)c3cc(F)cc(C(F)(F)F)c3)cc2c1CCCO. The van der Waals surface area contributed by atoms with Crippen molar-refractivity contribution in [3.8, 4) is 0 Å². The van der Waals surface area contributed by atoms with Gasteiger partial charge in [0.15, 0.2) is 5.78 Å². The summed E-state index contributed by atoms with van der Waals surface area (Å²) in [6.45, 7) is -0.118. The van der Waals surface area contributed by atoms with Crippen molar-refractivity contribution in [2.45, 2.75) is 19.0 Å². The average Bonchev–Trinajstić information content (AvgIpc) is 3.18. The normalized spacial score (nSPS) is 11.7. The van der Waals surface area contributed by atoms with Crippen LogP contribution in [0.3, 0.4) is 0 Å². The molecule has 0 saturated heterocycles. The molecular weight excluding hydrogens is 613 g/mol. The second-order valence-corrected chi connectivity index (χ2v) is 9.74. The molecule has 0 unspecified atom stereocenters. The van der Waals surface area contributed by atoms with Crippen LogP contribution in [0.25, 0.3) is 10.9 Å². The van der Waals surface area contributed by atoms with Crippen LogP contribution in [0.4, 0.5) is 27.6 Å². The Labute approximate surface area is 231 Å². The Morgan fingerprint density at radius 2 is 1.82 bits per heavy atom. The zero-order chi connectivity index (χ0) is 28.6. The van der Waals surface area contributed by atoms with Crippen LogP contribution in [0.15, 0.2) is 46.9 Å². The van der Waals surface area contributed by atoms with Crippen LogP contribution in [0, 0.1) is 11.6 Å². The zero-order valence-electron chi connectivity index (χ0n) is 20.0. The maximum Gasteiger partial charge on any atom is 0.416 e. The molecule has 2 N–H and O–H groups in total. The van der Waals surface area contributed by atoms with Crippen molar-refractivity contribution in [1.29, 1.82) is 0 Å². The van der Waals surface area contributed by atoms with E-state index in [1.54, 1.807) is 7.05 Å². The number of aromatic nitrogens is 2. The second kappa shape index (κ2) is 11.0. The molecule has 204 valence electrons. The van der Waals surface area contributed by atoms with Crippen LogP contribution < -0.4 is 5.32 Å². The minimum absolute atomic E-state index is 0.0877. The third-order valence-corrected chi connectivity index (χ3v) is 7.00. The molecule has 0 aliphatic heterocycles. The first kappa shape index (κ1) is 28.7. The van der Waals surface area contributed by atoms with Gasteiger partial charge in [-0.1, -0.05) is 11.6 Å². The number of hydrogen-bond acceptors (Lipinski definition) is 4. The lowest BCUT2D eigenvalue weighted by molar-refractivity contribution is -0.137. The Morgan fingerprint density at radius 1 is 1.10 bits per heavy atom. The number of benzene rings is 3. The summed E-state index contributed by atoms with van der Waals surface area (Å²) in [6, 6.07) is 5.88. The number of carbonyl (C=O) groups excluding carboxylic acids is 2. The van der Waals surface area contributed by atoms with Crippen molar-refractivity contribution < 1.29 is 36.6 Å². The monoisotopic (exact) mass is 629 g/mol. The molecule has 0 saturated carbocycles. The summed E-state index contributed by atoms with van der Waals surface area (Å²) in [7, 11) is 1.63. The lowest BCUT2D eigenvalue weighted by Gasteiger charge is -2.15. The fourth-order valence-corrected chi connectivity index (χ4v) is 4.98. The number of nitrogens with one attached hydrogen (secondary N) is 1. The van der Waals surface area contributed by atoms with Gasteiger partial charge in [-0.15, -0.1) is 0 Å². The number of rotatable bonds is 7. The number of ketones is 1. The number of carbonyl (C=O) groups is 2. The number of halogens is 7. The first-order valence-electron chi connectivity index (χ1n) is 11.3. The molecule has 0 aliphatic rings. The standard InChI is InChI=1S/C26H18BrClF5N3O3/c1-36-20(3-2-6-37)17-11-19(34-25(39)12-7-13(26(31,32)33)9-15(30)8-12)21(22(27)23(17)35-36)24(38)16-10-14(29)4-5-18(16)28/h4-5,7-11,37H,2-3,6H2,1H3,(H,34,39). The highest BCUT2D eigenvalue weighted by Gasteiger charge is 2.32. The van der Waals surface area contributed by atoms with Crippen molar-refractivity contribution in [3.05, 3.63) is 91.5 Å². The van der Waals surface area contributed by atoms with Crippen molar-refractivity contribution in [1.82, 2.24) is 9.78 Å². The van der Waals surface area contributed by atoms with Crippen molar-refractivity contribution in [2.24, 2.45) is 7.05 Å². The highest BCUT2D eigenvalue weighted by atomic mass is 79.9. The highest BCUT2D eigenvalue weighted by Crippen LogP contribution is 2.38. The van der Waals surface area contributed by atoms with E-state index in [-0.39, 0.29) is 39.0 Å². The Morgan fingerprint density at radius 3 is 2.49 bits per heavy atom. The van der Waals surface area contributed by atoms with Gasteiger partial charge in [-0.05, 0) is 71.2 Å². The number of hydrogen-bond donors (Lipinski definition) is 2. The Balaban J connectivity index is 1.91. The average molecular weight is 631 g/mol. The van der Waals surface area contributed by atoms with E-state index in [2.05, 4.69) is 26.3 Å². The number of aliphatic hydroxyl groups excluding tert-OH is 1. The number of amides is 1. The molecule has 0 fully saturated rings. The predicted octanol–water partition coefficient (Wildman–Crippen LogP) is 6.69. The molecule has 0 spiro atoms. The molecule has 1 heterocycles. The van der Waals surface area contributed by atoms with E-state index in [9.17, 15) is 36.6 Å². The fraction of sp³-hybridized carbons (Fsp3) is 0.192. The van der Waals surface area contributed by atoms with E-state index in [0.717, 1.165) is 12.1 Å². The molecule has 1 amide bonds. The maximum atomic E-state index is 14.0. The van der Waals surface area contributed by atoms with E-state index in [1.165, 1.54) is 16.8 Å². The summed E-state index contributed by atoms with van der Waals surface area (Å²) in [4.78, 5) is 26.7. The minimum atomic E-state index is -4.91. The van der Waals surface area contributed by atoms with Crippen molar-refractivity contribution in [2.75, 3.05) is 11.9 Å². The Hall–Kier alpha value is -3.35. The van der Waals surface area contributed by atoms with Gasteiger partial charge in [0.2, 0.25) is 0 Å². The van der Waals surface area contributed by atoms with Gasteiger partial charge in [-0.25, -0.2) is 8.78 Å². The summed E-state index contributed by atoms with van der Waals surface area (Å²) in [5, 5.41) is 16.5. The van der Waals surface area contributed by atoms with Crippen molar-refractivity contribution in [3.63, 3.8) is 0 Å². The lowest BCUT2D eigenvalue weighted by Crippen LogP contribution is -2.17. The van der Waals surface area contributed by atoms with E-state index < -0.39 is 40.6 Å². The van der Waals surface area contributed by atoms with Gasteiger partial charge < -0.3 is 10.4 Å². The second-order valence-electron chi connectivity index (χ2n) is 8.54. The van der Waals surface area contributed by atoms with Crippen molar-refractivity contribution >= 4 is 55.8 Å². The number of fused-ring (bicyclic) bond motifs is 1. The summed E-state index contributed by atoms with van der Waals surface area (Å²) in [6.07, 6.45) is -4.17. The zero-order valence-corrected chi connectivity index (χ0v) is 22.3. The molecule has 0 atom stereocenters. The summed E-state index contributed by atoms with van der Waals surface area (Å²) in [5.41, 5.74) is -1.71. The third kappa shape index (κ3) is 5.82. The summed E-state index contributed by atoms with van der Waals surface area (Å²) in [5.74, 6) is -3.99. The van der Waals surface area contributed by atoms with Gasteiger partial charge in [0.1, 0.15) is 17.2 Å². The van der Waals surface area contributed by atoms with Gasteiger partial charge in [0.05, 0.1) is 26.3 Å². The van der Waals surface area contributed by atoms with Crippen LogP contribution in [0.2, 0.25) is 5.02 Å². The maximum absolute atomic E-state index is 14.0. The van der Waals surface area contributed by atoms with Gasteiger partial charge >= 0.3 is 6.18 Å². The number of aryl methyl sites for hydroxylation is 2. The van der Waals surface area contributed by atoms with Crippen LogP contribution in [-0.2, 0) is 19.6 Å². The molecule has 13 heteroatoms. The molecule has 4 aromatic rings. The largest absolute Gasteiger partial charge is 0.416 e. The van der Waals surface area contributed by atoms with Crippen LogP contribution in [-0.4, -0.2) is 33.2 Å². The molecule has 4 rings (SSSR count).